The highest BCUT2D eigenvalue weighted by molar-refractivity contribution is 14.1. The molecule has 0 heterocycles. The molecule has 0 radical (unpaired) electrons. The molecule has 0 aromatic heterocycles. The Morgan fingerprint density at radius 1 is 0.388 bits per heavy atom. The highest BCUT2D eigenvalue weighted by Gasteiger charge is 2.51. The molecule has 6 unspecified atom stereocenters. The van der Waals surface area contributed by atoms with Crippen LogP contribution in [0.3, 0.4) is 0 Å². The number of amides is 5. The van der Waals surface area contributed by atoms with Gasteiger partial charge in [0.05, 0.1) is 71.4 Å². The van der Waals surface area contributed by atoms with Crippen LogP contribution in [0.25, 0.3) is 0 Å². The Hall–Kier alpha value is 2.74. The van der Waals surface area contributed by atoms with Gasteiger partial charge >= 0.3 is 24.3 Å². The lowest BCUT2D eigenvalue weighted by Crippen LogP contribution is -2.62. The summed E-state index contributed by atoms with van der Waals surface area (Å²) in [6.45, 7) is 0. The van der Waals surface area contributed by atoms with Crippen molar-refractivity contribution < 1.29 is 95.3 Å². The van der Waals surface area contributed by atoms with E-state index in [0.29, 0.717) is 41.7 Å². The van der Waals surface area contributed by atoms with Crippen LogP contribution in [0.5, 0.6) is 0 Å². The lowest BCUT2D eigenvalue weighted by atomic mass is 9.77. The van der Waals surface area contributed by atoms with Gasteiger partial charge in [-0.05, 0) is 432 Å². The third-order valence-corrected chi connectivity index (χ3v) is 33.8. The SMILES string of the molecule is O=C(NC1CC(NC(=O)c2cc(I)cc(I)c2I)C(C(=O)OC(CS(=O)(=O)[O-])C(F)(F)F)C(NC(=O)c2cc(I)cc(I)c2I)C1)c1cc(I)cc(I)c1I.O=C(NC1CC(NC(=O)c2cc(I)cc(I)c2I)CC(C(=O)OC(CS(=O)(=O)[O-])C(F)(F)F)C1)c1cc(I)cc(I)c1I. The molecule has 5 aromatic rings. The molecule has 2 fully saturated rings. The predicted molar refractivity (Wildman–Crippen MR) is 470 cm³/mol. The van der Waals surface area contributed by atoms with Crippen molar-refractivity contribution >= 4 is 401 Å². The van der Waals surface area contributed by atoms with Crippen molar-refractivity contribution in [2.45, 2.75) is 86.9 Å². The smallest absolute Gasteiger partial charge is 0.426 e. The summed E-state index contributed by atoms with van der Waals surface area (Å²) in [6.07, 6.45) is -17.8. The van der Waals surface area contributed by atoms with E-state index in [1.165, 1.54) is 0 Å². The Balaban J connectivity index is 0.000000319. The standard InChI is InChI=1S/C31H21F3I9N3O8S.C24H19F3I6N2O7S/c32-31(33,34)22(9-55(51,52)53)54-30(50)23-20(45-28(48)15-2-11(36)5-18(39)25(15)42)7-13(44-27(47)14-1-10(35)4-17(38)24(14)41)8-21(23)46-29(49)16-3-12(37)6-19(40)26(16)43;25-24(26,27)18(8-43(39,40)41)42-23(38)9-1-12(34-21(36)14-3-10(28)5-16(30)19(14)32)7-13(2-9)35-22(37)15-4-11(29)6-17(31)20(15)33/h1-6,13,20-23H,7-9H2,(H,44,47)(H,45,48)(H,46,49)(H,51,52,53);3-6,9,12-13,18H,1-2,7-8H2,(H,34,36)(H,35,37)(H,39,40,41)/p-2. The van der Waals surface area contributed by atoms with E-state index in [-0.39, 0.29) is 43.2 Å². The first kappa shape index (κ1) is 89.6. The van der Waals surface area contributed by atoms with Crippen molar-refractivity contribution in [3.63, 3.8) is 0 Å². The summed E-state index contributed by atoms with van der Waals surface area (Å²) in [5, 5.41) is 14.1. The van der Waals surface area contributed by atoms with Crippen LogP contribution in [-0.4, -0.2) is 134 Å². The van der Waals surface area contributed by atoms with Crippen molar-refractivity contribution in [3.8, 4) is 0 Å². The number of carbonyl (C=O) groups is 7. The summed E-state index contributed by atoms with van der Waals surface area (Å²) in [4.78, 5) is 95.2. The van der Waals surface area contributed by atoms with E-state index in [2.05, 4.69) is 167 Å². The van der Waals surface area contributed by atoms with Crippen molar-refractivity contribution in [2.24, 2.45) is 11.8 Å². The molecule has 2 aliphatic rings. The molecular weight excluding hydrogens is 3050 g/mol. The second kappa shape index (κ2) is 38.6. The molecule has 43 heteroatoms. The summed E-state index contributed by atoms with van der Waals surface area (Å²) < 4.78 is 170. The van der Waals surface area contributed by atoms with Gasteiger partial charge in [0.2, 0.25) is 12.2 Å². The molecule has 0 aliphatic heterocycles. The summed E-state index contributed by atoms with van der Waals surface area (Å²) in [6, 6.07) is 12.3. The minimum Gasteiger partial charge on any atom is -0.748 e. The monoisotopic (exact) mass is 3090 g/mol. The summed E-state index contributed by atoms with van der Waals surface area (Å²) in [5.41, 5.74) is 1.43. The average molecular weight is 3090 g/mol. The number of hydrogen-bond donors (Lipinski definition) is 5. The minimum atomic E-state index is -5.54. The molecule has 98 heavy (non-hydrogen) atoms. The number of hydrogen-bond acceptors (Lipinski definition) is 15. The van der Waals surface area contributed by atoms with Gasteiger partial charge < -0.3 is 45.2 Å². The first-order valence-electron chi connectivity index (χ1n) is 26.8. The van der Waals surface area contributed by atoms with Gasteiger partial charge in [-0.15, -0.1) is 0 Å². The van der Waals surface area contributed by atoms with E-state index in [1.54, 1.807) is 30.3 Å². The van der Waals surface area contributed by atoms with Gasteiger partial charge in [-0.25, -0.2) is 16.8 Å². The lowest BCUT2D eigenvalue weighted by molar-refractivity contribution is -0.218. The fraction of sp³-hybridized carbons (Fsp3) is 0.327. The van der Waals surface area contributed by atoms with Gasteiger partial charge in [-0.3, -0.25) is 33.6 Å². The van der Waals surface area contributed by atoms with E-state index in [0.717, 1.165) is 28.6 Å². The Morgan fingerprint density at radius 2 is 0.622 bits per heavy atom. The number of esters is 2. The van der Waals surface area contributed by atoms with E-state index in [9.17, 15) is 85.8 Å². The number of carbonyl (C=O) groups excluding carboxylic acids is 7. The highest BCUT2D eigenvalue weighted by Crippen LogP contribution is 2.36. The first-order valence-corrected chi connectivity index (χ1v) is 46.1. The Labute approximate surface area is 760 Å². The second-order valence-corrected chi connectivity index (χ2v) is 41.5. The van der Waals surface area contributed by atoms with Gasteiger partial charge in [0.25, 0.3) is 29.5 Å². The quantitative estimate of drug-likeness (QED) is 0.0179. The molecule has 6 atom stereocenters. The van der Waals surface area contributed by atoms with Crippen LogP contribution < -0.4 is 26.6 Å². The van der Waals surface area contributed by atoms with E-state index >= 15 is 0 Å². The maximum absolute atomic E-state index is 14.1. The third-order valence-electron chi connectivity index (χ3n) is 14.0. The van der Waals surface area contributed by atoms with Crippen molar-refractivity contribution in [3.05, 3.63) is 142 Å². The number of nitrogens with one attached hydrogen (secondary N) is 5. The summed E-state index contributed by atoms with van der Waals surface area (Å²) in [7, 11) is -10.9. The zero-order valence-corrected chi connectivity index (χ0v) is 81.8. The van der Waals surface area contributed by atoms with Crippen LogP contribution in [0.15, 0.2) is 60.7 Å². The highest BCUT2D eigenvalue weighted by atomic mass is 127. The van der Waals surface area contributed by atoms with Gasteiger partial charge in [0.1, 0.15) is 0 Å². The summed E-state index contributed by atoms with van der Waals surface area (Å²) in [5.74, 6) is -13.0. The van der Waals surface area contributed by atoms with Crippen LogP contribution >= 0.6 is 339 Å². The van der Waals surface area contributed by atoms with E-state index in [4.69, 9.17) is 4.74 Å². The number of ether oxygens (including phenoxy) is 2. The molecule has 5 N–H and O–H groups in total. The average Bonchev–Trinajstić information content (AvgIpc) is 0.776. The second-order valence-electron chi connectivity index (χ2n) is 21.2. The van der Waals surface area contributed by atoms with Crippen LogP contribution in [0.2, 0.25) is 0 Å². The largest absolute Gasteiger partial charge is 0.748 e. The molecule has 0 saturated heterocycles. The van der Waals surface area contributed by atoms with Crippen molar-refractivity contribution in [2.75, 3.05) is 11.5 Å². The van der Waals surface area contributed by atoms with Crippen molar-refractivity contribution in [1.82, 2.24) is 26.6 Å². The first-order chi connectivity index (χ1) is 45.1. The molecular formula is C55H38F6I15N5O15S2-2. The number of halogens is 21. The van der Waals surface area contributed by atoms with Gasteiger partial charge in [0.15, 0.2) is 0 Å². The summed E-state index contributed by atoms with van der Waals surface area (Å²) >= 11 is 30.6. The fourth-order valence-corrected chi connectivity index (χ4v) is 23.1. The predicted octanol–water partition coefficient (Wildman–Crippen LogP) is 14.3. The van der Waals surface area contributed by atoms with Gasteiger partial charge in [-0.1, -0.05) is 0 Å². The molecule has 2 aliphatic carbocycles. The van der Waals surface area contributed by atoms with Gasteiger partial charge in [-0.2, -0.15) is 26.3 Å². The minimum absolute atomic E-state index is 0.137. The van der Waals surface area contributed by atoms with Gasteiger partial charge in [0, 0.05) is 83.8 Å². The van der Waals surface area contributed by atoms with Crippen LogP contribution in [0.4, 0.5) is 26.3 Å². The number of benzene rings is 5. The zero-order chi connectivity index (χ0) is 73.8. The van der Waals surface area contributed by atoms with Crippen molar-refractivity contribution in [1.29, 1.82) is 0 Å². The molecule has 7 rings (SSSR count). The molecule has 534 valence electrons. The molecule has 2 saturated carbocycles. The van der Waals surface area contributed by atoms with E-state index < -0.39 is 140 Å². The molecule has 0 spiro atoms. The van der Waals surface area contributed by atoms with Crippen LogP contribution in [0.1, 0.15) is 83.9 Å². The Morgan fingerprint density at radius 3 is 0.867 bits per heavy atom. The van der Waals surface area contributed by atoms with Crippen LogP contribution in [-0.2, 0) is 39.3 Å². The molecule has 5 aromatic carbocycles. The molecule has 20 nitrogen and oxygen atoms in total. The molecule has 0 bridgehead atoms. The van der Waals surface area contributed by atoms with E-state index in [1.807, 2.05) is 234 Å². The van der Waals surface area contributed by atoms with Crippen LogP contribution in [0, 0.1) is 65.4 Å². The number of alkyl halides is 6. The fourth-order valence-electron chi connectivity index (χ4n) is 9.88. The normalized spacial score (nSPS) is 19.5. The Kier molecular flexibility index (Phi) is 35.3. The number of rotatable bonds is 18. The Bertz CT molecular complexity index is 4070. The third kappa shape index (κ3) is 26.5. The molecule has 5 amide bonds. The zero-order valence-electron chi connectivity index (χ0n) is 47.8. The maximum atomic E-state index is 14.1. The maximum Gasteiger partial charge on any atom is 0.426 e. The lowest BCUT2D eigenvalue weighted by Gasteiger charge is -2.42. The topological polar surface area (TPSA) is 312 Å².